The maximum absolute atomic E-state index is 2.17. The minimum absolute atomic E-state index is 1.29. The van der Waals surface area contributed by atoms with Gasteiger partial charge in [-0.25, -0.2) is 0 Å². The molecule has 0 aliphatic rings. The molecule has 66 valence electrons. The lowest BCUT2D eigenvalue weighted by Gasteiger charge is -2.02. The van der Waals surface area contributed by atoms with E-state index in [0.29, 0.717) is 0 Å². The predicted octanol–water partition coefficient (Wildman–Crippen LogP) is -0.130. The molecule has 2 rings (SSSR count). The van der Waals surface area contributed by atoms with E-state index < -0.39 is 0 Å². The Morgan fingerprint density at radius 2 is 0.786 bits per heavy atom. The quantitative estimate of drug-likeness (QED) is 0.533. The first-order chi connectivity index (χ1) is 6.75. The van der Waals surface area contributed by atoms with E-state index >= 15 is 0 Å². The molecule has 0 saturated heterocycles. The van der Waals surface area contributed by atoms with Crippen LogP contribution < -0.4 is 10.9 Å². The average molecular weight is 178 g/mol. The van der Waals surface area contributed by atoms with Gasteiger partial charge in [-0.15, -0.1) is 0 Å². The maximum Gasteiger partial charge on any atom is 0.139 e. The lowest BCUT2D eigenvalue weighted by Crippen LogP contribution is -2.01. The third kappa shape index (κ3) is 1.90. The van der Waals surface area contributed by atoms with E-state index in [1.807, 2.05) is 0 Å². The van der Waals surface area contributed by atoms with Gasteiger partial charge in [-0.2, -0.15) is 0 Å². The van der Waals surface area contributed by atoms with Crippen LogP contribution in [0.2, 0.25) is 0 Å². The van der Waals surface area contributed by atoms with Gasteiger partial charge >= 0.3 is 0 Å². The van der Waals surface area contributed by atoms with Crippen LogP contribution in [0.15, 0.2) is 48.5 Å². The molecule has 0 fully saturated rings. The first kappa shape index (κ1) is 9.14. The van der Waals surface area contributed by atoms with Crippen LogP contribution in [-0.2, 0) is 0 Å². The largest absolute Gasteiger partial charge is 0.139 e. The molecule has 0 amide bonds. The summed E-state index contributed by atoms with van der Waals surface area (Å²) in [5.74, 6) is 0. The van der Waals surface area contributed by atoms with Gasteiger partial charge in [0.15, 0.2) is 0 Å². The Balaban J connectivity index is 2.40. The Kier molecular flexibility index (Phi) is 2.45. The SMILES string of the molecule is Bc1ccc(-c2ccc(B)cc2)cc1. The smallest absolute Gasteiger partial charge is 0.0889 e. The molecular formula is C12H12B2. The third-order valence-corrected chi connectivity index (χ3v) is 2.44. The van der Waals surface area contributed by atoms with Crippen LogP contribution >= 0.6 is 0 Å². The van der Waals surface area contributed by atoms with Crippen molar-refractivity contribution in [3.05, 3.63) is 48.5 Å². The van der Waals surface area contributed by atoms with Crippen LogP contribution in [0.5, 0.6) is 0 Å². The van der Waals surface area contributed by atoms with Gasteiger partial charge in [0.1, 0.15) is 15.7 Å². The van der Waals surface area contributed by atoms with Crippen LogP contribution in [0.3, 0.4) is 0 Å². The van der Waals surface area contributed by atoms with Gasteiger partial charge in [0.25, 0.3) is 0 Å². The molecule has 0 atom stereocenters. The van der Waals surface area contributed by atoms with E-state index in [4.69, 9.17) is 0 Å². The highest BCUT2D eigenvalue weighted by Gasteiger charge is 1.95. The molecule has 0 nitrogen and oxygen atoms in total. The van der Waals surface area contributed by atoms with E-state index in [0.717, 1.165) is 0 Å². The summed E-state index contributed by atoms with van der Waals surface area (Å²) in [6, 6.07) is 17.3. The Morgan fingerprint density at radius 1 is 0.500 bits per heavy atom. The van der Waals surface area contributed by atoms with E-state index in [9.17, 15) is 0 Å². The zero-order chi connectivity index (χ0) is 9.97. The molecule has 2 aromatic rings. The van der Waals surface area contributed by atoms with Crippen molar-refractivity contribution in [2.45, 2.75) is 0 Å². The molecular weight excluding hydrogens is 166 g/mol. The van der Waals surface area contributed by atoms with Gasteiger partial charge in [0, 0.05) is 0 Å². The van der Waals surface area contributed by atoms with Crippen LogP contribution in [-0.4, -0.2) is 15.7 Å². The van der Waals surface area contributed by atoms with Crippen molar-refractivity contribution < 1.29 is 0 Å². The molecule has 0 heterocycles. The summed E-state index contributed by atoms with van der Waals surface area (Å²) in [6.07, 6.45) is 0. The molecule has 0 N–H and O–H groups in total. The van der Waals surface area contributed by atoms with Crippen molar-refractivity contribution in [3.63, 3.8) is 0 Å². The minimum atomic E-state index is 1.29. The van der Waals surface area contributed by atoms with Crippen LogP contribution in [0.4, 0.5) is 0 Å². The Bertz CT molecular complexity index is 372. The zero-order valence-electron chi connectivity index (χ0n) is 8.62. The second-order valence-corrected chi connectivity index (χ2v) is 3.73. The molecule has 2 aromatic carbocycles. The van der Waals surface area contributed by atoms with Crippen molar-refractivity contribution in [1.29, 1.82) is 0 Å². The fraction of sp³-hybridized carbons (Fsp3) is 0. The molecule has 0 spiro atoms. The summed E-state index contributed by atoms with van der Waals surface area (Å²) in [4.78, 5) is 0. The minimum Gasteiger partial charge on any atom is -0.0889 e. The van der Waals surface area contributed by atoms with Gasteiger partial charge in [-0.1, -0.05) is 59.5 Å². The summed E-state index contributed by atoms with van der Waals surface area (Å²) >= 11 is 0. The fourth-order valence-corrected chi connectivity index (χ4v) is 1.49. The molecule has 0 radical (unpaired) electrons. The zero-order valence-corrected chi connectivity index (χ0v) is 8.62. The molecule has 0 aliphatic heterocycles. The van der Waals surface area contributed by atoms with E-state index in [1.54, 1.807) is 0 Å². The average Bonchev–Trinajstić information content (AvgIpc) is 2.21. The second kappa shape index (κ2) is 3.75. The van der Waals surface area contributed by atoms with Crippen molar-refractivity contribution in [2.24, 2.45) is 0 Å². The number of hydrogen-bond acceptors (Lipinski definition) is 0. The van der Waals surface area contributed by atoms with Crippen LogP contribution in [0, 0.1) is 0 Å². The Morgan fingerprint density at radius 3 is 1.07 bits per heavy atom. The summed E-state index contributed by atoms with van der Waals surface area (Å²) in [6.45, 7) is 0. The maximum atomic E-state index is 2.17. The van der Waals surface area contributed by atoms with E-state index in [2.05, 4.69) is 64.2 Å². The Hall–Kier alpha value is -1.43. The topological polar surface area (TPSA) is 0 Å². The number of rotatable bonds is 1. The normalized spacial score (nSPS) is 10.0. The molecule has 2 heteroatoms. The molecule has 14 heavy (non-hydrogen) atoms. The van der Waals surface area contributed by atoms with Gasteiger partial charge in [-0.3, -0.25) is 0 Å². The lowest BCUT2D eigenvalue weighted by molar-refractivity contribution is 1.66. The van der Waals surface area contributed by atoms with Crippen molar-refractivity contribution in [2.75, 3.05) is 0 Å². The lowest BCUT2D eigenvalue weighted by atomic mass is 9.91. The molecule has 0 aliphatic carbocycles. The summed E-state index contributed by atoms with van der Waals surface area (Å²) in [5.41, 5.74) is 5.19. The van der Waals surface area contributed by atoms with Crippen molar-refractivity contribution in [3.8, 4) is 11.1 Å². The fourth-order valence-electron chi connectivity index (χ4n) is 1.49. The second-order valence-electron chi connectivity index (χ2n) is 3.73. The first-order valence-electron chi connectivity index (χ1n) is 4.89. The monoisotopic (exact) mass is 178 g/mol. The van der Waals surface area contributed by atoms with Crippen LogP contribution in [0.1, 0.15) is 0 Å². The molecule has 0 unspecified atom stereocenters. The molecule has 0 saturated carbocycles. The van der Waals surface area contributed by atoms with Gasteiger partial charge in [-0.05, 0) is 11.1 Å². The van der Waals surface area contributed by atoms with Crippen LogP contribution in [0.25, 0.3) is 11.1 Å². The standard InChI is InChI=1S/C12H12B2/c13-11-5-1-9(2-6-11)10-3-7-12(14)8-4-10/h1-8H,13-14H2. The van der Waals surface area contributed by atoms with E-state index in [1.165, 1.54) is 22.1 Å². The van der Waals surface area contributed by atoms with Crippen molar-refractivity contribution >= 4 is 26.6 Å². The summed E-state index contributed by atoms with van der Waals surface area (Å²) < 4.78 is 0. The summed E-state index contributed by atoms with van der Waals surface area (Å²) in [5, 5.41) is 0. The highest BCUT2D eigenvalue weighted by atomic mass is 14.0. The summed E-state index contributed by atoms with van der Waals surface area (Å²) in [7, 11) is 4.22. The first-order valence-corrected chi connectivity index (χ1v) is 4.89. The Labute approximate surface area is 86.8 Å². The van der Waals surface area contributed by atoms with Gasteiger partial charge < -0.3 is 0 Å². The highest BCUT2D eigenvalue weighted by molar-refractivity contribution is 6.32. The van der Waals surface area contributed by atoms with Crippen molar-refractivity contribution in [1.82, 2.24) is 0 Å². The molecule has 0 aromatic heterocycles. The molecule has 0 bridgehead atoms. The predicted molar refractivity (Wildman–Crippen MR) is 68.2 cm³/mol. The van der Waals surface area contributed by atoms with E-state index in [-0.39, 0.29) is 0 Å². The number of benzene rings is 2. The van der Waals surface area contributed by atoms with Gasteiger partial charge in [0.2, 0.25) is 0 Å². The number of hydrogen-bond donors (Lipinski definition) is 0. The van der Waals surface area contributed by atoms with Gasteiger partial charge in [0.05, 0.1) is 0 Å². The third-order valence-electron chi connectivity index (χ3n) is 2.44. The highest BCUT2D eigenvalue weighted by Crippen LogP contribution is 2.16.